The monoisotopic (exact) mass is 291 g/mol. The maximum Gasteiger partial charge on any atom is 0.273 e. The highest BCUT2D eigenvalue weighted by Crippen LogP contribution is 2.09. The van der Waals surface area contributed by atoms with E-state index in [0.29, 0.717) is 14.2 Å². The molecule has 0 N–H and O–H groups in total. The van der Waals surface area contributed by atoms with Gasteiger partial charge in [0.1, 0.15) is 11.3 Å². The Morgan fingerprint density at radius 3 is 3.00 bits per heavy atom. The van der Waals surface area contributed by atoms with Gasteiger partial charge >= 0.3 is 0 Å². The number of benzene rings is 1. The largest absolute Gasteiger partial charge is 0.594 e. The van der Waals surface area contributed by atoms with E-state index in [4.69, 9.17) is 0 Å². The minimum atomic E-state index is -0.470. The molecule has 0 bridgehead atoms. The Morgan fingerprint density at radius 2 is 2.23 bits per heavy atom. The van der Waals surface area contributed by atoms with Crippen LogP contribution in [0.5, 0.6) is 0 Å². The fourth-order valence-electron chi connectivity index (χ4n) is 0.995. The molecule has 2 aromatic rings. The van der Waals surface area contributed by atoms with Crippen LogP contribution in [-0.4, -0.2) is 10.1 Å². The minimum Gasteiger partial charge on any atom is -0.594 e. The van der Waals surface area contributed by atoms with Crippen LogP contribution in [0.2, 0.25) is 0 Å². The molecule has 0 fully saturated rings. The lowest BCUT2D eigenvalue weighted by Gasteiger charge is -1.97. The van der Waals surface area contributed by atoms with Gasteiger partial charge in [0.25, 0.3) is 9.35 Å². The first-order valence-electron chi connectivity index (χ1n) is 3.39. The van der Waals surface area contributed by atoms with Gasteiger partial charge in [0.2, 0.25) is 0 Å². The predicted octanol–water partition coefficient (Wildman–Crippen LogP) is 1.01. The molecule has 0 saturated heterocycles. The van der Waals surface area contributed by atoms with Crippen LogP contribution in [0.15, 0.2) is 18.2 Å². The molecule has 6 heteroatoms. The summed E-state index contributed by atoms with van der Waals surface area (Å²) in [6, 6.07) is 3.81. The number of aromatic nitrogens is 3. The first-order valence-corrected chi connectivity index (χ1v) is 4.47. The SMILES string of the molecule is [O-][n+]1nc(I)nc2ccc(F)cc21. The van der Waals surface area contributed by atoms with Crippen molar-refractivity contribution >= 4 is 33.6 Å². The van der Waals surface area contributed by atoms with Crippen molar-refractivity contribution in [1.29, 1.82) is 0 Å². The molecule has 1 aromatic carbocycles. The van der Waals surface area contributed by atoms with Crippen LogP contribution in [0.25, 0.3) is 11.0 Å². The minimum absolute atomic E-state index is 0.139. The summed E-state index contributed by atoms with van der Waals surface area (Å²) in [5.74, 6) is -0.470. The van der Waals surface area contributed by atoms with Crippen molar-refractivity contribution in [2.24, 2.45) is 0 Å². The zero-order chi connectivity index (χ0) is 9.42. The van der Waals surface area contributed by atoms with Crippen LogP contribution in [0.4, 0.5) is 4.39 Å². The van der Waals surface area contributed by atoms with Crippen molar-refractivity contribution in [3.05, 3.63) is 33.1 Å². The van der Waals surface area contributed by atoms with Gasteiger partial charge in [0.05, 0.1) is 6.07 Å². The highest BCUT2D eigenvalue weighted by Gasteiger charge is 2.09. The number of hydrogen-bond donors (Lipinski definition) is 0. The number of nitrogens with zero attached hydrogens (tertiary/aromatic N) is 3. The topological polar surface area (TPSA) is 52.7 Å². The van der Waals surface area contributed by atoms with E-state index in [1.165, 1.54) is 12.1 Å². The quantitative estimate of drug-likeness (QED) is 0.413. The summed E-state index contributed by atoms with van der Waals surface area (Å²) in [5.41, 5.74) is 0.580. The molecule has 0 spiro atoms. The summed E-state index contributed by atoms with van der Waals surface area (Å²) in [5, 5.41) is 14.7. The molecular formula is C7H3FIN3O. The Morgan fingerprint density at radius 1 is 1.46 bits per heavy atom. The average Bonchev–Trinajstić information content (AvgIpc) is 2.06. The standard InChI is InChI=1S/C7H3FIN3O/c8-4-1-2-5-6(3-4)12(13)11-7(9)10-5/h1-3H. The van der Waals surface area contributed by atoms with E-state index < -0.39 is 5.82 Å². The summed E-state index contributed by atoms with van der Waals surface area (Å²) in [6.07, 6.45) is 0. The Labute approximate surface area is 86.1 Å². The molecule has 0 aliphatic rings. The third kappa shape index (κ3) is 1.53. The van der Waals surface area contributed by atoms with Gasteiger partial charge in [-0.1, -0.05) is 0 Å². The highest BCUT2D eigenvalue weighted by atomic mass is 127. The van der Waals surface area contributed by atoms with E-state index in [1.54, 1.807) is 0 Å². The van der Waals surface area contributed by atoms with Crippen LogP contribution >= 0.6 is 22.6 Å². The van der Waals surface area contributed by atoms with Gasteiger partial charge in [-0.05, 0) is 17.0 Å². The molecule has 0 radical (unpaired) electrons. The van der Waals surface area contributed by atoms with Crippen LogP contribution in [-0.2, 0) is 0 Å². The highest BCUT2D eigenvalue weighted by molar-refractivity contribution is 14.1. The fourth-order valence-corrected chi connectivity index (χ4v) is 1.45. The summed E-state index contributed by atoms with van der Waals surface area (Å²) in [7, 11) is 0. The molecular weight excluding hydrogens is 288 g/mol. The number of halogens is 2. The second-order valence-corrected chi connectivity index (χ2v) is 3.35. The maximum atomic E-state index is 12.7. The predicted molar refractivity (Wildman–Crippen MR) is 51.2 cm³/mol. The number of rotatable bonds is 0. The molecule has 0 aliphatic carbocycles. The van der Waals surface area contributed by atoms with Crippen LogP contribution in [0, 0.1) is 14.9 Å². The zero-order valence-corrected chi connectivity index (χ0v) is 8.40. The number of hydrogen-bond acceptors (Lipinski definition) is 3. The van der Waals surface area contributed by atoms with Crippen LogP contribution in [0.3, 0.4) is 0 Å². The van der Waals surface area contributed by atoms with Crippen LogP contribution in [0.1, 0.15) is 0 Å². The average molecular weight is 291 g/mol. The fraction of sp³-hybridized carbons (Fsp3) is 0. The zero-order valence-electron chi connectivity index (χ0n) is 6.24. The van der Waals surface area contributed by atoms with Crippen molar-refractivity contribution in [2.45, 2.75) is 0 Å². The lowest BCUT2D eigenvalue weighted by Crippen LogP contribution is -2.33. The molecule has 0 unspecified atom stereocenters. The van der Waals surface area contributed by atoms with Gasteiger partial charge in [-0.25, -0.2) is 9.37 Å². The maximum absolute atomic E-state index is 12.7. The van der Waals surface area contributed by atoms with Gasteiger partial charge in [-0.2, -0.15) is 0 Å². The Bertz CT molecular complexity index is 476. The first kappa shape index (κ1) is 8.54. The summed E-state index contributed by atoms with van der Waals surface area (Å²) < 4.78 is 13.0. The van der Waals surface area contributed by atoms with Crippen molar-refractivity contribution < 1.29 is 9.24 Å². The normalized spacial score (nSPS) is 10.6. The Hall–Kier alpha value is -1.05. The van der Waals surface area contributed by atoms with Gasteiger partial charge in [-0.15, -0.1) is 0 Å². The Balaban J connectivity index is 2.87. The van der Waals surface area contributed by atoms with Crippen molar-refractivity contribution in [3.63, 3.8) is 0 Å². The van der Waals surface area contributed by atoms with E-state index >= 15 is 0 Å². The molecule has 0 saturated carbocycles. The molecule has 1 heterocycles. The lowest BCUT2D eigenvalue weighted by atomic mass is 10.3. The second kappa shape index (κ2) is 3.02. The van der Waals surface area contributed by atoms with Gasteiger partial charge in [-0.3, -0.25) is 0 Å². The van der Waals surface area contributed by atoms with E-state index in [-0.39, 0.29) is 5.52 Å². The van der Waals surface area contributed by atoms with E-state index in [2.05, 4.69) is 10.1 Å². The molecule has 0 aliphatic heterocycles. The summed E-state index contributed by atoms with van der Waals surface area (Å²) >= 11 is 1.83. The van der Waals surface area contributed by atoms with Gasteiger partial charge < -0.3 is 5.21 Å². The molecule has 1 aromatic heterocycles. The Kier molecular flexibility index (Phi) is 1.98. The van der Waals surface area contributed by atoms with Crippen molar-refractivity contribution in [3.8, 4) is 0 Å². The van der Waals surface area contributed by atoms with Crippen molar-refractivity contribution in [1.82, 2.24) is 10.1 Å². The number of fused-ring (bicyclic) bond motifs is 1. The van der Waals surface area contributed by atoms with E-state index in [0.717, 1.165) is 6.07 Å². The summed E-state index contributed by atoms with van der Waals surface area (Å²) in [4.78, 5) is 4.33. The van der Waals surface area contributed by atoms with Gasteiger partial charge in [0, 0.05) is 27.7 Å². The van der Waals surface area contributed by atoms with Crippen LogP contribution < -0.4 is 4.85 Å². The molecule has 2 rings (SSSR count). The molecule has 0 amide bonds. The smallest absolute Gasteiger partial charge is 0.273 e. The molecule has 13 heavy (non-hydrogen) atoms. The second-order valence-electron chi connectivity index (χ2n) is 2.39. The van der Waals surface area contributed by atoms with E-state index in [1.807, 2.05) is 22.6 Å². The molecule has 0 atom stereocenters. The first-order chi connectivity index (χ1) is 6.16. The molecule has 66 valence electrons. The third-order valence-corrected chi connectivity index (χ3v) is 1.99. The van der Waals surface area contributed by atoms with E-state index in [9.17, 15) is 9.60 Å². The third-order valence-electron chi connectivity index (χ3n) is 1.53. The lowest BCUT2D eigenvalue weighted by molar-refractivity contribution is -0.644. The van der Waals surface area contributed by atoms with Gasteiger partial charge in [0.15, 0.2) is 0 Å². The molecule has 4 nitrogen and oxygen atoms in total. The summed E-state index contributed by atoms with van der Waals surface area (Å²) in [6.45, 7) is 0. The van der Waals surface area contributed by atoms with Crippen molar-refractivity contribution in [2.75, 3.05) is 0 Å².